The standard InChI is InChI=1S/C48H35N3/c1-48(2)43-19-7-6-18-41(43)42-29-38(24-25-44(42)48)36-14-8-13-35(27-36)37-15-9-16-39(28-37)46-30-45(50-47(51-46)34-11-4-3-5-12-34)33-22-20-32(21-23-33)40-17-10-26-49-31-40/h3-31H,1-2H3. The summed E-state index contributed by atoms with van der Waals surface area (Å²) >= 11 is 0. The Bertz CT molecular complexity index is 2530. The van der Waals surface area contributed by atoms with E-state index in [0.717, 1.165) is 44.8 Å². The fourth-order valence-electron chi connectivity index (χ4n) is 7.46. The van der Waals surface area contributed by atoms with Gasteiger partial charge in [0.25, 0.3) is 0 Å². The van der Waals surface area contributed by atoms with Crippen molar-refractivity contribution in [1.82, 2.24) is 15.0 Å². The van der Waals surface area contributed by atoms with E-state index < -0.39 is 0 Å². The lowest BCUT2D eigenvalue weighted by Crippen LogP contribution is -2.14. The highest BCUT2D eigenvalue weighted by Crippen LogP contribution is 2.49. The summed E-state index contributed by atoms with van der Waals surface area (Å²) in [5.41, 5.74) is 17.2. The molecule has 0 bridgehead atoms. The van der Waals surface area contributed by atoms with Gasteiger partial charge in [-0.2, -0.15) is 0 Å². The van der Waals surface area contributed by atoms with Crippen LogP contribution in [0.3, 0.4) is 0 Å². The number of nitrogens with zero attached hydrogens (tertiary/aromatic N) is 3. The second kappa shape index (κ2) is 12.5. The lowest BCUT2D eigenvalue weighted by atomic mass is 9.82. The van der Waals surface area contributed by atoms with Gasteiger partial charge in [0.05, 0.1) is 11.4 Å². The maximum Gasteiger partial charge on any atom is 0.160 e. The van der Waals surface area contributed by atoms with Gasteiger partial charge in [0.15, 0.2) is 5.82 Å². The molecule has 0 atom stereocenters. The number of benzene rings is 6. The third kappa shape index (κ3) is 5.63. The SMILES string of the molecule is CC1(C)c2ccccc2-c2cc(-c3cccc(-c4cccc(-c5cc(-c6ccc(-c7cccnc7)cc6)nc(-c6ccccc6)n5)c4)c3)ccc21. The van der Waals surface area contributed by atoms with E-state index in [2.05, 4.69) is 158 Å². The number of hydrogen-bond acceptors (Lipinski definition) is 3. The Morgan fingerprint density at radius 3 is 1.65 bits per heavy atom. The molecule has 0 saturated carbocycles. The fraction of sp³-hybridized carbons (Fsp3) is 0.0625. The van der Waals surface area contributed by atoms with Crippen LogP contribution < -0.4 is 0 Å². The molecule has 2 heterocycles. The van der Waals surface area contributed by atoms with Crippen LogP contribution in [0.1, 0.15) is 25.0 Å². The van der Waals surface area contributed by atoms with E-state index in [4.69, 9.17) is 9.97 Å². The third-order valence-corrected chi connectivity index (χ3v) is 10.2. The second-order valence-corrected chi connectivity index (χ2v) is 13.7. The highest BCUT2D eigenvalue weighted by atomic mass is 14.9. The molecule has 1 aliphatic carbocycles. The molecular weight excluding hydrogens is 619 g/mol. The smallest absolute Gasteiger partial charge is 0.160 e. The second-order valence-electron chi connectivity index (χ2n) is 13.7. The number of aromatic nitrogens is 3. The van der Waals surface area contributed by atoms with Crippen LogP contribution in [0.15, 0.2) is 176 Å². The summed E-state index contributed by atoms with van der Waals surface area (Å²) in [7, 11) is 0. The molecule has 0 radical (unpaired) electrons. The first kappa shape index (κ1) is 30.6. The molecule has 0 N–H and O–H groups in total. The van der Waals surface area contributed by atoms with Crippen LogP contribution in [0.5, 0.6) is 0 Å². The summed E-state index contributed by atoms with van der Waals surface area (Å²) in [4.78, 5) is 14.4. The van der Waals surface area contributed by atoms with Gasteiger partial charge in [0.2, 0.25) is 0 Å². The molecule has 2 aromatic heterocycles. The van der Waals surface area contributed by atoms with Crippen LogP contribution in [-0.2, 0) is 5.41 Å². The van der Waals surface area contributed by atoms with Crippen LogP contribution >= 0.6 is 0 Å². The first-order chi connectivity index (χ1) is 25.0. The topological polar surface area (TPSA) is 38.7 Å². The Morgan fingerprint density at radius 1 is 0.373 bits per heavy atom. The van der Waals surface area contributed by atoms with Gasteiger partial charge < -0.3 is 0 Å². The number of fused-ring (bicyclic) bond motifs is 3. The molecule has 0 unspecified atom stereocenters. The highest BCUT2D eigenvalue weighted by Gasteiger charge is 2.35. The maximum atomic E-state index is 5.11. The fourth-order valence-corrected chi connectivity index (χ4v) is 7.46. The van der Waals surface area contributed by atoms with Crippen molar-refractivity contribution in [3.63, 3.8) is 0 Å². The van der Waals surface area contributed by atoms with Gasteiger partial charge in [-0.3, -0.25) is 4.98 Å². The van der Waals surface area contributed by atoms with Crippen LogP contribution in [0, 0.1) is 0 Å². The summed E-state index contributed by atoms with van der Waals surface area (Å²) < 4.78 is 0. The summed E-state index contributed by atoms with van der Waals surface area (Å²) in [5, 5.41) is 0. The van der Waals surface area contributed by atoms with Gasteiger partial charge in [-0.15, -0.1) is 0 Å². The zero-order valence-corrected chi connectivity index (χ0v) is 28.6. The average Bonchev–Trinajstić information content (AvgIpc) is 3.44. The van der Waals surface area contributed by atoms with E-state index in [0.29, 0.717) is 5.82 Å². The predicted molar refractivity (Wildman–Crippen MR) is 210 cm³/mol. The van der Waals surface area contributed by atoms with Crippen molar-refractivity contribution in [3.8, 4) is 78.4 Å². The van der Waals surface area contributed by atoms with Gasteiger partial charge in [-0.25, -0.2) is 9.97 Å². The number of hydrogen-bond donors (Lipinski definition) is 0. The van der Waals surface area contributed by atoms with Crippen molar-refractivity contribution in [3.05, 3.63) is 187 Å². The summed E-state index contributed by atoms with van der Waals surface area (Å²) in [6.45, 7) is 4.65. The lowest BCUT2D eigenvalue weighted by Gasteiger charge is -2.21. The quantitative estimate of drug-likeness (QED) is 0.179. The molecular formula is C48H35N3. The van der Waals surface area contributed by atoms with Crippen molar-refractivity contribution < 1.29 is 0 Å². The lowest BCUT2D eigenvalue weighted by molar-refractivity contribution is 0.660. The molecule has 0 spiro atoms. The van der Waals surface area contributed by atoms with E-state index in [1.165, 1.54) is 38.9 Å². The summed E-state index contributed by atoms with van der Waals surface area (Å²) in [6.07, 6.45) is 3.68. The van der Waals surface area contributed by atoms with Crippen LogP contribution in [0.25, 0.3) is 78.4 Å². The van der Waals surface area contributed by atoms with E-state index in [9.17, 15) is 0 Å². The van der Waals surface area contributed by atoms with E-state index in [-0.39, 0.29) is 5.41 Å². The first-order valence-corrected chi connectivity index (χ1v) is 17.4. The minimum Gasteiger partial charge on any atom is -0.264 e. The number of pyridine rings is 1. The van der Waals surface area contributed by atoms with Crippen molar-refractivity contribution in [1.29, 1.82) is 0 Å². The average molecular weight is 654 g/mol. The predicted octanol–water partition coefficient (Wildman–Crippen LogP) is 12.2. The van der Waals surface area contributed by atoms with Gasteiger partial charge in [0, 0.05) is 34.5 Å². The molecule has 9 rings (SSSR count). The third-order valence-electron chi connectivity index (χ3n) is 10.2. The van der Waals surface area contributed by atoms with E-state index in [1.807, 2.05) is 30.5 Å². The zero-order chi connectivity index (χ0) is 34.4. The first-order valence-electron chi connectivity index (χ1n) is 17.4. The molecule has 3 nitrogen and oxygen atoms in total. The van der Waals surface area contributed by atoms with Gasteiger partial charge in [0.1, 0.15) is 0 Å². The molecule has 0 aliphatic heterocycles. The normalized spacial score (nSPS) is 12.7. The van der Waals surface area contributed by atoms with Crippen molar-refractivity contribution in [2.24, 2.45) is 0 Å². The Balaban J connectivity index is 1.09. The Kier molecular flexibility index (Phi) is 7.48. The molecule has 1 aliphatic rings. The van der Waals surface area contributed by atoms with Gasteiger partial charge in [-0.05, 0) is 86.0 Å². The Hall–Kier alpha value is -6.45. The van der Waals surface area contributed by atoms with Crippen molar-refractivity contribution in [2.45, 2.75) is 19.3 Å². The molecule has 0 saturated heterocycles. The van der Waals surface area contributed by atoms with Crippen LogP contribution in [0.4, 0.5) is 0 Å². The Morgan fingerprint density at radius 2 is 0.922 bits per heavy atom. The zero-order valence-electron chi connectivity index (χ0n) is 28.6. The monoisotopic (exact) mass is 653 g/mol. The maximum absolute atomic E-state index is 5.11. The molecule has 8 aromatic rings. The summed E-state index contributed by atoms with van der Waals surface area (Å²) in [5.74, 6) is 0.702. The molecule has 3 heteroatoms. The van der Waals surface area contributed by atoms with E-state index >= 15 is 0 Å². The van der Waals surface area contributed by atoms with E-state index in [1.54, 1.807) is 6.20 Å². The van der Waals surface area contributed by atoms with Gasteiger partial charge in [-0.1, -0.05) is 147 Å². The van der Waals surface area contributed by atoms with Crippen molar-refractivity contribution in [2.75, 3.05) is 0 Å². The molecule has 0 fully saturated rings. The minimum absolute atomic E-state index is 0.00267. The highest BCUT2D eigenvalue weighted by molar-refractivity contribution is 5.85. The van der Waals surface area contributed by atoms with Gasteiger partial charge >= 0.3 is 0 Å². The van der Waals surface area contributed by atoms with Crippen molar-refractivity contribution >= 4 is 0 Å². The molecule has 242 valence electrons. The Labute approximate surface area is 299 Å². The molecule has 0 amide bonds. The van der Waals surface area contributed by atoms with Crippen LogP contribution in [-0.4, -0.2) is 15.0 Å². The molecule has 6 aromatic carbocycles. The summed E-state index contributed by atoms with van der Waals surface area (Å²) in [6, 6.07) is 58.2. The number of rotatable bonds is 6. The minimum atomic E-state index is -0.00267. The largest absolute Gasteiger partial charge is 0.264 e. The molecule has 51 heavy (non-hydrogen) atoms. The van der Waals surface area contributed by atoms with Crippen LogP contribution in [0.2, 0.25) is 0 Å².